The second kappa shape index (κ2) is 5.84. The zero-order chi connectivity index (χ0) is 14.0. The standard InChI is InChI=1S/C14H14BrF2NO/c1-3-18-8(2)12-4-5-13(19-12)14-10(15)6-9(16)7-11(14)17/h4-8,18H,3H2,1-2H3. The van der Waals surface area contributed by atoms with Gasteiger partial charge in [-0.2, -0.15) is 0 Å². The van der Waals surface area contributed by atoms with Crippen molar-refractivity contribution in [2.45, 2.75) is 19.9 Å². The molecule has 19 heavy (non-hydrogen) atoms. The van der Waals surface area contributed by atoms with Gasteiger partial charge < -0.3 is 9.73 Å². The first-order chi connectivity index (χ1) is 9.02. The van der Waals surface area contributed by atoms with E-state index in [4.69, 9.17) is 4.42 Å². The maximum absolute atomic E-state index is 13.8. The molecule has 5 heteroatoms. The maximum atomic E-state index is 13.8. The highest BCUT2D eigenvalue weighted by Crippen LogP contribution is 2.34. The van der Waals surface area contributed by atoms with Crippen LogP contribution in [-0.2, 0) is 0 Å². The molecular weight excluding hydrogens is 316 g/mol. The minimum absolute atomic E-state index is 0.0426. The predicted molar refractivity (Wildman–Crippen MR) is 73.9 cm³/mol. The monoisotopic (exact) mass is 329 g/mol. The summed E-state index contributed by atoms with van der Waals surface area (Å²) in [4.78, 5) is 0. The van der Waals surface area contributed by atoms with Gasteiger partial charge in [-0.1, -0.05) is 6.92 Å². The summed E-state index contributed by atoms with van der Waals surface area (Å²) < 4.78 is 32.8. The van der Waals surface area contributed by atoms with E-state index in [0.717, 1.165) is 12.6 Å². The smallest absolute Gasteiger partial charge is 0.138 e. The summed E-state index contributed by atoms with van der Waals surface area (Å²) >= 11 is 3.16. The van der Waals surface area contributed by atoms with E-state index in [1.54, 1.807) is 12.1 Å². The lowest BCUT2D eigenvalue weighted by molar-refractivity contribution is 0.443. The van der Waals surface area contributed by atoms with E-state index in [9.17, 15) is 8.78 Å². The molecule has 1 aromatic carbocycles. The first-order valence-electron chi connectivity index (χ1n) is 6.01. The molecule has 0 spiro atoms. The van der Waals surface area contributed by atoms with Crippen LogP contribution in [0, 0.1) is 11.6 Å². The van der Waals surface area contributed by atoms with E-state index < -0.39 is 11.6 Å². The van der Waals surface area contributed by atoms with Gasteiger partial charge in [0.15, 0.2) is 0 Å². The second-order valence-electron chi connectivity index (χ2n) is 4.23. The number of hydrogen-bond acceptors (Lipinski definition) is 2. The first kappa shape index (κ1) is 14.2. The van der Waals surface area contributed by atoms with Gasteiger partial charge in [0.1, 0.15) is 23.2 Å². The highest BCUT2D eigenvalue weighted by atomic mass is 79.9. The predicted octanol–water partition coefficient (Wildman–Crippen LogP) is 4.66. The van der Waals surface area contributed by atoms with Crippen molar-refractivity contribution in [3.05, 3.63) is 46.1 Å². The van der Waals surface area contributed by atoms with Crippen LogP contribution in [0.5, 0.6) is 0 Å². The van der Waals surface area contributed by atoms with Gasteiger partial charge in [-0.25, -0.2) is 8.78 Å². The Bertz CT molecular complexity index is 560. The van der Waals surface area contributed by atoms with E-state index >= 15 is 0 Å². The molecule has 2 aromatic rings. The van der Waals surface area contributed by atoms with Gasteiger partial charge in [-0.15, -0.1) is 0 Å². The van der Waals surface area contributed by atoms with E-state index in [2.05, 4.69) is 21.2 Å². The average Bonchev–Trinajstić information content (AvgIpc) is 2.77. The van der Waals surface area contributed by atoms with Crippen LogP contribution < -0.4 is 5.32 Å². The minimum Gasteiger partial charge on any atom is -0.459 e. The molecule has 0 saturated carbocycles. The molecular formula is C14H14BrF2NO. The van der Waals surface area contributed by atoms with Crippen LogP contribution >= 0.6 is 15.9 Å². The zero-order valence-corrected chi connectivity index (χ0v) is 12.2. The Hall–Kier alpha value is -1.20. The first-order valence-corrected chi connectivity index (χ1v) is 6.80. The van der Waals surface area contributed by atoms with Gasteiger partial charge in [0.05, 0.1) is 11.6 Å². The van der Waals surface area contributed by atoms with Gasteiger partial charge in [0, 0.05) is 10.5 Å². The molecule has 0 radical (unpaired) electrons. The van der Waals surface area contributed by atoms with Crippen LogP contribution in [0.3, 0.4) is 0 Å². The van der Waals surface area contributed by atoms with Gasteiger partial charge in [-0.05, 0) is 47.6 Å². The Kier molecular flexibility index (Phi) is 4.37. The number of hydrogen-bond donors (Lipinski definition) is 1. The van der Waals surface area contributed by atoms with Crippen molar-refractivity contribution in [1.82, 2.24) is 5.32 Å². The van der Waals surface area contributed by atoms with Crippen molar-refractivity contribution < 1.29 is 13.2 Å². The molecule has 1 atom stereocenters. The van der Waals surface area contributed by atoms with Crippen LogP contribution in [0.25, 0.3) is 11.3 Å². The van der Waals surface area contributed by atoms with Crippen molar-refractivity contribution in [1.29, 1.82) is 0 Å². The Morgan fingerprint density at radius 3 is 2.68 bits per heavy atom. The number of benzene rings is 1. The lowest BCUT2D eigenvalue weighted by atomic mass is 10.1. The molecule has 0 fully saturated rings. The lowest BCUT2D eigenvalue weighted by Gasteiger charge is -2.09. The fraction of sp³-hybridized carbons (Fsp3) is 0.286. The number of furan rings is 1. The molecule has 0 amide bonds. The van der Waals surface area contributed by atoms with Crippen molar-refractivity contribution in [2.75, 3.05) is 6.54 Å². The molecule has 1 heterocycles. The molecule has 0 aliphatic carbocycles. The number of halogens is 3. The van der Waals surface area contributed by atoms with Crippen LogP contribution in [0.2, 0.25) is 0 Å². The molecule has 0 aliphatic rings. The fourth-order valence-electron chi connectivity index (χ4n) is 1.90. The van der Waals surface area contributed by atoms with Crippen LogP contribution in [0.1, 0.15) is 25.6 Å². The highest BCUT2D eigenvalue weighted by Gasteiger charge is 2.17. The van der Waals surface area contributed by atoms with Gasteiger partial charge >= 0.3 is 0 Å². The van der Waals surface area contributed by atoms with Crippen LogP contribution in [0.4, 0.5) is 8.78 Å². The summed E-state index contributed by atoms with van der Waals surface area (Å²) in [6.07, 6.45) is 0. The van der Waals surface area contributed by atoms with E-state index in [-0.39, 0.29) is 11.6 Å². The molecule has 0 saturated heterocycles. The van der Waals surface area contributed by atoms with Crippen LogP contribution in [0.15, 0.2) is 33.2 Å². The molecule has 1 N–H and O–H groups in total. The third-order valence-electron chi connectivity index (χ3n) is 2.82. The Morgan fingerprint density at radius 2 is 2.05 bits per heavy atom. The number of nitrogens with one attached hydrogen (secondary N) is 1. The van der Waals surface area contributed by atoms with Crippen molar-refractivity contribution in [2.24, 2.45) is 0 Å². The third-order valence-corrected chi connectivity index (χ3v) is 3.44. The largest absolute Gasteiger partial charge is 0.459 e. The molecule has 102 valence electrons. The van der Waals surface area contributed by atoms with Crippen LogP contribution in [-0.4, -0.2) is 6.54 Å². The Balaban J connectivity index is 2.38. The third kappa shape index (κ3) is 3.04. The summed E-state index contributed by atoms with van der Waals surface area (Å²) in [5.41, 5.74) is 0.233. The van der Waals surface area contributed by atoms with Gasteiger partial charge in [-0.3, -0.25) is 0 Å². The quantitative estimate of drug-likeness (QED) is 0.882. The minimum atomic E-state index is -0.649. The highest BCUT2D eigenvalue weighted by molar-refractivity contribution is 9.10. The summed E-state index contributed by atoms with van der Waals surface area (Å²) in [6, 6.07) is 5.58. The summed E-state index contributed by atoms with van der Waals surface area (Å²) in [5.74, 6) is -0.179. The van der Waals surface area contributed by atoms with Gasteiger partial charge in [0.2, 0.25) is 0 Å². The van der Waals surface area contributed by atoms with Gasteiger partial charge in [0.25, 0.3) is 0 Å². The SMILES string of the molecule is CCNC(C)c1ccc(-c2c(F)cc(F)cc2Br)o1. The summed E-state index contributed by atoms with van der Waals surface area (Å²) in [7, 11) is 0. The van der Waals surface area contributed by atoms with E-state index in [1.807, 2.05) is 13.8 Å². The fourth-order valence-corrected chi connectivity index (χ4v) is 2.51. The maximum Gasteiger partial charge on any atom is 0.138 e. The molecule has 1 aromatic heterocycles. The summed E-state index contributed by atoms with van der Waals surface area (Å²) in [6.45, 7) is 4.77. The Morgan fingerprint density at radius 1 is 1.32 bits per heavy atom. The molecule has 1 unspecified atom stereocenters. The van der Waals surface area contributed by atoms with Crippen molar-refractivity contribution in [3.63, 3.8) is 0 Å². The average molecular weight is 330 g/mol. The molecule has 0 aliphatic heterocycles. The topological polar surface area (TPSA) is 25.2 Å². The van der Waals surface area contributed by atoms with E-state index in [1.165, 1.54) is 6.07 Å². The summed E-state index contributed by atoms with van der Waals surface area (Å²) in [5, 5.41) is 3.21. The lowest BCUT2D eigenvalue weighted by Crippen LogP contribution is -2.16. The van der Waals surface area contributed by atoms with E-state index in [0.29, 0.717) is 16.0 Å². The molecule has 2 nitrogen and oxygen atoms in total. The number of rotatable bonds is 4. The van der Waals surface area contributed by atoms with Crippen molar-refractivity contribution in [3.8, 4) is 11.3 Å². The van der Waals surface area contributed by atoms with Crippen molar-refractivity contribution >= 4 is 15.9 Å². The normalized spacial score (nSPS) is 12.7. The Labute approximate surface area is 118 Å². The second-order valence-corrected chi connectivity index (χ2v) is 5.08. The molecule has 0 bridgehead atoms. The molecule has 2 rings (SSSR count). The zero-order valence-electron chi connectivity index (χ0n) is 10.6.